The molecule has 0 bridgehead atoms. The number of hydrogen-bond donors (Lipinski definition) is 1. The van der Waals surface area contributed by atoms with Gasteiger partial charge in [0.05, 0.1) is 24.5 Å². The van der Waals surface area contributed by atoms with Crippen LogP contribution in [0.3, 0.4) is 0 Å². The van der Waals surface area contributed by atoms with Gasteiger partial charge in [-0.05, 0) is 32.3 Å². The molecule has 2 aromatic rings. The van der Waals surface area contributed by atoms with Gasteiger partial charge in [-0.2, -0.15) is 4.98 Å². The molecule has 2 N–H and O–H groups in total. The topological polar surface area (TPSA) is 87.1 Å². The van der Waals surface area contributed by atoms with Crippen LogP contribution < -0.4 is 5.73 Å². The summed E-state index contributed by atoms with van der Waals surface area (Å²) in [7, 11) is 0. The largest absolute Gasteiger partial charge is 0.376 e. The Morgan fingerprint density at radius 2 is 2.29 bits per heavy atom. The van der Waals surface area contributed by atoms with E-state index in [0.29, 0.717) is 18.0 Å². The smallest absolute Gasteiger partial charge is 0.259 e. The molecule has 6 nitrogen and oxygen atoms in total. The molecule has 0 aromatic carbocycles. The minimum absolute atomic E-state index is 0.192. The first-order valence-electron chi connectivity index (χ1n) is 6.90. The van der Waals surface area contributed by atoms with Crippen LogP contribution in [0.2, 0.25) is 0 Å². The number of pyridine rings is 1. The molecule has 7 heteroatoms. The van der Waals surface area contributed by atoms with Gasteiger partial charge in [-0.3, -0.25) is 4.98 Å². The maximum atomic E-state index is 13.2. The van der Waals surface area contributed by atoms with E-state index in [1.54, 1.807) is 6.92 Å². The maximum Gasteiger partial charge on any atom is 0.259 e. The van der Waals surface area contributed by atoms with Crippen LogP contribution in [-0.4, -0.2) is 27.8 Å². The number of rotatable bonds is 5. The quantitative estimate of drug-likeness (QED) is 0.907. The van der Waals surface area contributed by atoms with E-state index in [0.717, 1.165) is 19.0 Å². The first-order valence-corrected chi connectivity index (χ1v) is 6.90. The number of aromatic nitrogens is 3. The highest BCUT2D eigenvalue weighted by molar-refractivity contribution is 5.50. The Balaban J connectivity index is 1.73. The molecular weight excluding hydrogens is 275 g/mol. The molecule has 0 spiro atoms. The first kappa shape index (κ1) is 14.1. The summed E-state index contributed by atoms with van der Waals surface area (Å²) in [6.45, 7) is 2.10. The van der Waals surface area contributed by atoms with Crippen molar-refractivity contribution < 1.29 is 13.7 Å². The highest BCUT2D eigenvalue weighted by atomic mass is 19.1. The molecule has 1 fully saturated rings. The molecule has 0 saturated heterocycles. The van der Waals surface area contributed by atoms with E-state index in [-0.39, 0.29) is 12.0 Å². The Morgan fingerprint density at radius 1 is 1.48 bits per heavy atom. The maximum absolute atomic E-state index is 13.2. The molecule has 1 saturated carbocycles. The van der Waals surface area contributed by atoms with E-state index >= 15 is 0 Å². The Hall–Kier alpha value is -1.86. The van der Waals surface area contributed by atoms with E-state index in [2.05, 4.69) is 15.1 Å². The molecule has 1 unspecified atom stereocenters. The van der Waals surface area contributed by atoms with Gasteiger partial charge in [0.1, 0.15) is 11.4 Å². The Morgan fingerprint density at radius 3 is 2.95 bits per heavy atom. The van der Waals surface area contributed by atoms with Crippen molar-refractivity contribution in [3.8, 4) is 11.5 Å². The number of ether oxygens (including phenoxy) is 1. The van der Waals surface area contributed by atoms with Gasteiger partial charge in [0.15, 0.2) is 5.82 Å². The van der Waals surface area contributed by atoms with Gasteiger partial charge in [-0.15, -0.1) is 0 Å². The van der Waals surface area contributed by atoms with Crippen molar-refractivity contribution in [2.24, 2.45) is 5.73 Å². The lowest BCUT2D eigenvalue weighted by molar-refractivity contribution is -0.0222. The predicted octanol–water partition coefficient (Wildman–Crippen LogP) is 2.01. The minimum Gasteiger partial charge on any atom is -0.376 e. The fourth-order valence-electron chi connectivity index (χ4n) is 1.99. The van der Waals surface area contributed by atoms with Crippen LogP contribution in [-0.2, 0) is 10.3 Å². The summed E-state index contributed by atoms with van der Waals surface area (Å²) in [5.41, 5.74) is 5.76. The minimum atomic E-state index is -0.849. The average Bonchev–Trinajstić information content (AvgIpc) is 2.87. The number of halogens is 1. The molecular formula is C14H17FN4O2. The van der Waals surface area contributed by atoms with E-state index in [1.165, 1.54) is 18.7 Å². The first-order chi connectivity index (χ1) is 10.0. The lowest BCUT2D eigenvalue weighted by Gasteiger charge is -2.29. The van der Waals surface area contributed by atoms with Crippen molar-refractivity contribution in [3.63, 3.8) is 0 Å². The van der Waals surface area contributed by atoms with Crippen molar-refractivity contribution in [1.29, 1.82) is 0 Å². The molecule has 1 atom stereocenters. The highest BCUT2D eigenvalue weighted by Gasteiger charge is 2.30. The molecule has 0 aliphatic heterocycles. The lowest BCUT2D eigenvalue weighted by atomic mass is 9.95. The van der Waals surface area contributed by atoms with Gasteiger partial charge in [0.2, 0.25) is 0 Å². The predicted molar refractivity (Wildman–Crippen MR) is 72.6 cm³/mol. The number of nitrogens with zero attached hydrogens (tertiary/aromatic N) is 3. The second kappa shape index (κ2) is 5.50. The van der Waals surface area contributed by atoms with Crippen LogP contribution in [0.4, 0.5) is 4.39 Å². The summed E-state index contributed by atoms with van der Waals surface area (Å²) in [5.74, 6) is 0.0643. The summed E-state index contributed by atoms with van der Waals surface area (Å²) in [6.07, 6.45) is 6.20. The van der Waals surface area contributed by atoms with E-state index in [4.69, 9.17) is 15.0 Å². The van der Waals surface area contributed by atoms with Gasteiger partial charge in [-0.25, -0.2) is 4.39 Å². The Bertz CT molecular complexity index is 625. The Labute approximate surface area is 121 Å². The standard InChI is InChI=1S/C14H17FN4O2/c1-14(16,8-20-11-3-2-4-11)13-18-12(21-19-13)9-5-10(15)7-17-6-9/h5-7,11H,2-4,8,16H2,1H3. The normalized spacial score (nSPS) is 18.2. The van der Waals surface area contributed by atoms with Crippen LogP contribution >= 0.6 is 0 Å². The summed E-state index contributed by atoms with van der Waals surface area (Å²) < 4.78 is 24.0. The van der Waals surface area contributed by atoms with Gasteiger partial charge in [-0.1, -0.05) is 5.16 Å². The van der Waals surface area contributed by atoms with Gasteiger partial charge in [0, 0.05) is 6.20 Å². The Kier molecular flexibility index (Phi) is 3.69. The van der Waals surface area contributed by atoms with E-state index in [9.17, 15) is 4.39 Å². The zero-order valence-electron chi connectivity index (χ0n) is 11.8. The fourth-order valence-corrected chi connectivity index (χ4v) is 1.99. The molecule has 2 aromatic heterocycles. The van der Waals surface area contributed by atoms with Crippen molar-refractivity contribution in [1.82, 2.24) is 15.1 Å². The summed E-state index contributed by atoms with van der Waals surface area (Å²) >= 11 is 0. The second-order valence-electron chi connectivity index (χ2n) is 5.60. The SMILES string of the molecule is CC(N)(COC1CCC1)c1noc(-c2cncc(F)c2)n1. The monoisotopic (exact) mass is 292 g/mol. The van der Waals surface area contributed by atoms with Crippen molar-refractivity contribution in [3.05, 3.63) is 30.1 Å². The van der Waals surface area contributed by atoms with Crippen molar-refractivity contribution in [2.45, 2.75) is 37.8 Å². The molecule has 2 heterocycles. The lowest BCUT2D eigenvalue weighted by Crippen LogP contribution is -2.41. The zero-order chi connectivity index (χ0) is 14.9. The third-order valence-corrected chi connectivity index (χ3v) is 3.56. The van der Waals surface area contributed by atoms with E-state index in [1.807, 2.05) is 0 Å². The van der Waals surface area contributed by atoms with Crippen molar-refractivity contribution in [2.75, 3.05) is 6.61 Å². The third kappa shape index (κ3) is 3.08. The summed E-state index contributed by atoms with van der Waals surface area (Å²) in [5, 5.41) is 3.87. The van der Waals surface area contributed by atoms with Gasteiger partial charge in [0.25, 0.3) is 5.89 Å². The molecule has 1 aliphatic rings. The molecule has 3 rings (SSSR count). The molecule has 0 radical (unpaired) electrons. The third-order valence-electron chi connectivity index (χ3n) is 3.56. The number of hydrogen-bond acceptors (Lipinski definition) is 6. The van der Waals surface area contributed by atoms with Crippen LogP contribution in [0, 0.1) is 5.82 Å². The summed E-state index contributed by atoms with van der Waals surface area (Å²) in [6, 6.07) is 1.28. The van der Waals surface area contributed by atoms with Crippen LogP contribution in [0.25, 0.3) is 11.5 Å². The zero-order valence-corrected chi connectivity index (χ0v) is 11.8. The van der Waals surface area contributed by atoms with Crippen LogP contribution in [0.15, 0.2) is 23.0 Å². The van der Waals surface area contributed by atoms with Crippen LogP contribution in [0.1, 0.15) is 32.0 Å². The van der Waals surface area contributed by atoms with Gasteiger partial charge >= 0.3 is 0 Å². The molecule has 0 amide bonds. The average molecular weight is 292 g/mol. The molecule has 21 heavy (non-hydrogen) atoms. The molecule has 112 valence electrons. The number of nitrogens with two attached hydrogens (primary N) is 1. The second-order valence-corrected chi connectivity index (χ2v) is 5.60. The highest BCUT2D eigenvalue weighted by Crippen LogP contribution is 2.26. The van der Waals surface area contributed by atoms with E-state index < -0.39 is 11.4 Å². The van der Waals surface area contributed by atoms with Gasteiger partial charge < -0.3 is 15.0 Å². The summed E-state index contributed by atoms with van der Waals surface area (Å²) in [4.78, 5) is 7.98. The van der Waals surface area contributed by atoms with Crippen LogP contribution in [0.5, 0.6) is 0 Å². The van der Waals surface area contributed by atoms with Crippen molar-refractivity contribution >= 4 is 0 Å². The fraction of sp³-hybridized carbons (Fsp3) is 0.500. The molecule has 1 aliphatic carbocycles.